The van der Waals surface area contributed by atoms with Crippen LogP contribution >= 0.6 is 0 Å². The van der Waals surface area contributed by atoms with Gasteiger partial charge < -0.3 is 24.1 Å². The number of rotatable bonds is 16. The number of benzene rings is 5. The molecule has 1 aliphatic heterocycles. The predicted molar refractivity (Wildman–Crippen MR) is 188 cm³/mol. The van der Waals surface area contributed by atoms with Crippen LogP contribution < -0.4 is 0 Å². The zero-order valence-corrected chi connectivity index (χ0v) is 27.3. The molecule has 0 bridgehead atoms. The fourth-order valence-electron chi connectivity index (χ4n) is 6.45. The van der Waals surface area contributed by atoms with Crippen LogP contribution in [-0.2, 0) is 51.9 Å². The maximum absolute atomic E-state index is 11.2. The quantitative estimate of drug-likeness (QED) is 0.123. The van der Waals surface area contributed by atoms with Crippen molar-refractivity contribution < 1.29 is 24.1 Å². The van der Waals surface area contributed by atoms with E-state index in [0.29, 0.717) is 39.6 Å². The summed E-state index contributed by atoms with van der Waals surface area (Å²) in [6.07, 6.45) is -1.42. The first-order chi connectivity index (χ1) is 23.8. The van der Waals surface area contributed by atoms with Gasteiger partial charge in [-0.2, -0.15) is 0 Å². The number of hydrogen-bond acceptors (Lipinski definition) is 6. The number of aliphatic hydroxyl groups is 1. The van der Waals surface area contributed by atoms with Gasteiger partial charge in [0.05, 0.1) is 51.7 Å². The van der Waals surface area contributed by atoms with Crippen molar-refractivity contribution in [2.45, 2.75) is 63.4 Å². The highest BCUT2D eigenvalue weighted by Crippen LogP contribution is 2.34. The normalized spacial score (nSPS) is 21.2. The van der Waals surface area contributed by atoms with Crippen LogP contribution in [0.5, 0.6) is 0 Å². The van der Waals surface area contributed by atoms with E-state index in [0.717, 1.165) is 27.8 Å². The first-order valence-corrected chi connectivity index (χ1v) is 16.8. The van der Waals surface area contributed by atoms with E-state index in [2.05, 4.69) is 65.6 Å². The summed E-state index contributed by atoms with van der Waals surface area (Å²) in [5.41, 5.74) is 5.43. The van der Waals surface area contributed by atoms with Crippen molar-refractivity contribution in [3.8, 4) is 0 Å². The Morgan fingerprint density at radius 2 is 0.771 bits per heavy atom. The van der Waals surface area contributed by atoms with Crippen molar-refractivity contribution in [3.63, 3.8) is 0 Å². The van der Waals surface area contributed by atoms with Crippen molar-refractivity contribution in [1.29, 1.82) is 0 Å². The molecule has 5 aromatic carbocycles. The van der Waals surface area contributed by atoms with E-state index in [1.54, 1.807) is 0 Å². The standard InChI is InChI=1S/C42H45NO5/c44-27-38-40(46-29-35-20-10-3-11-21-35)42(48-31-37-24-14-5-15-25-37)41(47-30-36-22-12-4-13-23-36)39(32-45-28-34-18-8-2-9-19-34)43(38)26-33-16-6-1-7-17-33/h1-25,38-42,44H,26-32H2/t38-,39+,40+,41+,42+/m0/s1. The van der Waals surface area contributed by atoms with Gasteiger partial charge in [0, 0.05) is 6.54 Å². The second kappa shape index (κ2) is 17.9. The molecule has 0 amide bonds. The molecule has 6 heteroatoms. The molecule has 0 spiro atoms. The molecule has 6 nitrogen and oxygen atoms in total. The zero-order chi connectivity index (χ0) is 32.8. The molecule has 0 saturated carbocycles. The van der Waals surface area contributed by atoms with Gasteiger partial charge in [-0.3, -0.25) is 4.90 Å². The maximum Gasteiger partial charge on any atom is 0.113 e. The summed E-state index contributed by atoms with van der Waals surface area (Å²) >= 11 is 0. The van der Waals surface area contributed by atoms with E-state index in [1.807, 2.05) is 91.0 Å². The van der Waals surface area contributed by atoms with Gasteiger partial charge in [-0.25, -0.2) is 0 Å². The Balaban J connectivity index is 1.37. The Hall–Kier alpha value is -4.14. The maximum atomic E-state index is 11.2. The second-order valence-electron chi connectivity index (χ2n) is 12.3. The summed E-state index contributed by atoms with van der Waals surface area (Å²) < 4.78 is 27.1. The summed E-state index contributed by atoms with van der Waals surface area (Å²) in [6, 6.07) is 50.5. The van der Waals surface area contributed by atoms with Crippen LogP contribution in [0.25, 0.3) is 0 Å². The fraction of sp³-hybridized carbons (Fsp3) is 0.286. The lowest BCUT2D eigenvalue weighted by atomic mass is 9.86. The van der Waals surface area contributed by atoms with Crippen molar-refractivity contribution in [2.24, 2.45) is 0 Å². The van der Waals surface area contributed by atoms with Crippen molar-refractivity contribution in [3.05, 3.63) is 179 Å². The Bertz CT molecular complexity index is 1590. The Morgan fingerprint density at radius 3 is 1.19 bits per heavy atom. The molecule has 1 fully saturated rings. The number of nitrogens with zero attached hydrogens (tertiary/aromatic N) is 1. The third-order valence-electron chi connectivity index (χ3n) is 8.91. The highest BCUT2D eigenvalue weighted by atomic mass is 16.6. The van der Waals surface area contributed by atoms with Crippen molar-refractivity contribution in [2.75, 3.05) is 13.2 Å². The summed E-state index contributed by atoms with van der Waals surface area (Å²) in [4.78, 5) is 2.31. The lowest BCUT2D eigenvalue weighted by Crippen LogP contribution is -2.69. The first-order valence-electron chi connectivity index (χ1n) is 16.8. The molecule has 0 aliphatic carbocycles. The molecular formula is C42H45NO5. The molecule has 0 aromatic heterocycles. The van der Waals surface area contributed by atoms with E-state index in [1.165, 1.54) is 0 Å². The minimum Gasteiger partial charge on any atom is -0.395 e. The van der Waals surface area contributed by atoms with E-state index >= 15 is 0 Å². The van der Waals surface area contributed by atoms with Crippen molar-refractivity contribution >= 4 is 0 Å². The molecule has 1 heterocycles. The van der Waals surface area contributed by atoms with Crippen LogP contribution in [-0.4, -0.2) is 53.6 Å². The summed E-state index contributed by atoms with van der Waals surface area (Å²) in [7, 11) is 0. The average Bonchev–Trinajstić information content (AvgIpc) is 3.15. The fourth-order valence-corrected chi connectivity index (χ4v) is 6.45. The van der Waals surface area contributed by atoms with Crippen LogP contribution in [0.2, 0.25) is 0 Å². The lowest BCUT2D eigenvalue weighted by molar-refractivity contribution is -0.235. The third kappa shape index (κ3) is 9.26. The molecule has 6 rings (SSSR count). The predicted octanol–water partition coefficient (Wildman–Crippen LogP) is 7.20. The topological polar surface area (TPSA) is 60.4 Å². The van der Waals surface area contributed by atoms with E-state index in [4.69, 9.17) is 18.9 Å². The number of ether oxygens (including phenoxy) is 4. The Morgan fingerprint density at radius 1 is 0.417 bits per heavy atom. The minimum atomic E-state index is -0.493. The van der Waals surface area contributed by atoms with Gasteiger partial charge in [-0.05, 0) is 27.8 Å². The molecule has 0 unspecified atom stereocenters. The SMILES string of the molecule is OC[C@H]1[C@@H](OCc2ccccc2)[C@@H](OCc2ccccc2)[C@H](OCc2ccccc2)[C@@H](COCc2ccccc2)N1Cc1ccccc1. The second-order valence-corrected chi connectivity index (χ2v) is 12.3. The molecule has 5 atom stereocenters. The number of piperidine rings is 1. The smallest absolute Gasteiger partial charge is 0.113 e. The summed E-state index contributed by atoms with van der Waals surface area (Å²) in [6.45, 7) is 2.50. The van der Waals surface area contributed by atoms with E-state index in [9.17, 15) is 5.11 Å². The molecule has 1 aliphatic rings. The van der Waals surface area contributed by atoms with E-state index < -0.39 is 18.3 Å². The molecule has 248 valence electrons. The third-order valence-corrected chi connectivity index (χ3v) is 8.91. The van der Waals surface area contributed by atoms with Crippen LogP contribution in [0, 0.1) is 0 Å². The largest absolute Gasteiger partial charge is 0.395 e. The van der Waals surface area contributed by atoms with Crippen LogP contribution in [0.15, 0.2) is 152 Å². The summed E-state index contributed by atoms with van der Waals surface area (Å²) in [5, 5.41) is 11.2. The van der Waals surface area contributed by atoms with Crippen LogP contribution in [0.1, 0.15) is 27.8 Å². The monoisotopic (exact) mass is 643 g/mol. The van der Waals surface area contributed by atoms with Gasteiger partial charge in [0.15, 0.2) is 0 Å². The Kier molecular flexibility index (Phi) is 12.6. The number of hydrogen-bond donors (Lipinski definition) is 1. The minimum absolute atomic E-state index is 0.113. The van der Waals surface area contributed by atoms with Gasteiger partial charge in [0.1, 0.15) is 18.3 Å². The number of aliphatic hydroxyl groups excluding tert-OH is 1. The van der Waals surface area contributed by atoms with Crippen LogP contribution in [0.3, 0.4) is 0 Å². The van der Waals surface area contributed by atoms with Gasteiger partial charge >= 0.3 is 0 Å². The molecule has 0 radical (unpaired) electrons. The van der Waals surface area contributed by atoms with Crippen molar-refractivity contribution in [1.82, 2.24) is 4.90 Å². The van der Waals surface area contributed by atoms with Crippen LogP contribution in [0.4, 0.5) is 0 Å². The zero-order valence-electron chi connectivity index (χ0n) is 27.3. The molecule has 1 saturated heterocycles. The molecule has 5 aromatic rings. The van der Waals surface area contributed by atoms with Gasteiger partial charge in [0.2, 0.25) is 0 Å². The average molecular weight is 644 g/mol. The lowest BCUT2D eigenvalue weighted by Gasteiger charge is -2.52. The summed E-state index contributed by atoms with van der Waals surface area (Å²) in [5.74, 6) is 0. The molecule has 48 heavy (non-hydrogen) atoms. The molecular weight excluding hydrogens is 598 g/mol. The highest BCUT2D eigenvalue weighted by Gasteiger charge is 2.51. The first kappa shape index (κ1) is 33.7. The highest BCUT2D eigenvalue weighted by molar-refractivity contribution is 5.19. The van der Waals surface area contributed by atoms with E-state index in [-0.39, 0.29) is 18.7 Å². The van der Waals surface area contributed by atoms with Gasteiger partial charge in [-0.1, -0.05) is 152 Å². The Labute approximate surface area is 284 Å². The number of likely N-dealkylation sites (tertiary alicyclic amines) is 1. The van der Waals surface area contributed by atoms with Gasteiger partial charge in [-0.15, -0.1) is 0 Å². The molecule has 1 N–H and O–H groups in total. The van der Waals surface area contributed by atoms with Gasteiger partial charge in [0.25, 0.3) is 0 Å².